The van der Waals surface area contributed by atoms with Gasteiger partial charge in [0.25, 0.3) is 0 Å². The highest BCUT2D eigenvalue weighted by molar-refractivity contribution is 5.96. The maximum absolute atomic E-state index is 12.9. The maximum Gasteiger partial charge on any atom is 0.224 e. The number of carbonyl (C=O) groups excluding carboxylic acids is 2. The summed E-state index contributed by atoms with van der Waals surface area (Å²) in [5, 5.41) is 0. The number of amides is 1. The van der Waals surface area contributed by atoms with Crippen molar-refractivity contribution in [2.75, 3.05) is 13.3 Å². The Morgan fingerprint density at radius 1 is 1.04 bits per heavy atom. The molecule has 5 heteroatoms. The van der Waals surface area contributed by atoms with Gasteiger partial charge in [-0.1, -0.05) is 30.3 Å². The molecule has 2 aromatic rings. The Balaban J connectivity index is 1.52. The van der Waals surface area contributed by atoms with Crippen molar-refractivity contribution in [3.05, 3.63) is 71.5 Å². The molecule has 1 atom stereocenters. The lowest BCUT2D eigenvalue weighted by molar-refractivity contribution is -0.133. The van der Waals surface area contributed by atoms with E-state index in [0.717, 1.165) is 5.56 Å². The number of halogens is 1. The lowest BCUT2D eigenvalue weighted by Gasteiger charge is -2.22. The average molecular weight is 341 g/mol. The molecular formula is C20H20FNO3. The summed E-state index contributed by atoms with van der Waals surface area (Å²) in [4.78, 5) is 26.3. The van der Waals surface area contributed by atoms with E-state index in [1.807, 2.05) is 30.3 Å². The molecule has 1 amide bonds. The van der Waals surface area contributed by atoms with Crippen LogP contribution in [0.3, 0.4) is 0 Å². The van der Waals surface area contributed by atoms with E-state index < -0.39 is 0 Å². The Hall–Kier alpha value is -2.53. The van der Waals surface area contributed by atoms with Crippen molar-refractivity contribution in [2.45, 2.75) is 25.3 Å². The van der Waals surface area contributed by atoms with E-state index in [-0.39, 0.29) is 36.7 Å². The number of hydrogen-bond acceptors (Lipinski definition) is 3. The molecule has 1 aliphatic rings. The zero-order valence-corrected chi connectivity index (χ0v) is 13.9. The van der Waals surface area contributed by atoms with Crippen LogP contribution in [0.4, 0.5) is 4.39 Å². The molecule has 0 aliphatic carbocycles. The molecule has 25 heavy (non-hydrogen) atoms. The predicted molar refractivity (Wildman–Crippen MR) is 91.4 cm³/mol. The van der Waals surface area contributed by atoms with Crippen molar-refractivity contribution < 1.29 is 18.7 Å². The van der Waals surface area contributed by atoms with Gasteiger partial charge in [0.2, 0.25) is 5.91 Å². The van der Waals surface area contributed by atoms with Gasteiger partial charge < -0.3 is 9.64 Å². The molecule has 0 radical (unpaired) electrons. The lowest BCUT2D eigenvalue weighted by Crippen LogP contribution is -2.31. The molecule has 0 spiro atoms. The molecule has 1 fully saturated rings. The number of ketones is 1. The molecule has 0 bridgehead atoms. The van der Waals surface area contributed by atoms with Crippen molar-refractivity contribution in [3.8, 4) is 0 Å². The minimum Gasteiger partial charge on any atom is -0.359 e. The normalized spacial score (nSPS) is 16.8. The summed E-state index contributed by atoms with van der Waals surface area (Å²) < 4.78 is 18.3. The topological polar surface area (TPSA) is 46.6 Å². The van der Waals surface area contributed by atoms with Crippen molar-refractivity contribution in [2.24, 2.45) is 0 Å². The summed E-state index contributed by atoms with van der Waals surface area (Å²) in [6.07, 6.45) is 1.02. The Bertz CT molecular complexity index is 730. The van der Waals surface area contributed by atoms with Crippen LogP contribution in [-0.2, 0) is 9.53 Å². The molecule has 0 aromatic heterocycles. The molecule has 3 rings (SSSR count). The second-order valence-corrected chi connectivity index (χ2v) is 6.07. The van der Waals surface area contributed by atoms with Gasteiger partial charge in [-0.3, -0.25) is 9.59 Å². The minimum atomic E-state index is -0.368. The predicted octanol–water partition coefficient (Wildman–Crippen LogP) is 3.74. The van der Waals surface area contributed by atoms with Gasteiger partial charge >= 0.3 is 0 Å². The van der Waals surface area contributed by atoms with Crippen LogP contribution in [0.2, 0.25) is 0 Å². The third kappa shape index (κ3) is 4.31. The first-order chi connectivity index (χ1) is 12.1. The molecule has 4 nitrogen and oxygen atoms in total. The highest BCUT2D eigenvalue weighted by atomic mass is 19.1. The SMILES string of the molecule is O=C(CCCC(=O)N1COC[C@H]1c1ccccc1)c1ccc(F)cc1. The van der Waals surface area contributed by atoms with Crippen molar-refractivity contribution in [1.29, 1.82) is 0 Å². The van der Waals surface area contributed by atoms with Gasteiger partial charge in [0, 0.05) is 18.4 Å². The second kappa shape index (κ2) is 8.03. The van der Waals surface area contributed by atoms with Gasteiger partial charge in [0.05, 0.1) is 12.6 Å². The Kier molecular flexibility index (Phi) is 5.56. The first-order valence-electron chi connectivity index (χ1n) is 8.36. The second-order valence-electron chi connectivity index (χ2n) is 6.07. The van der Waals surface area contributed by atoms with E-state index in [9.17, 15) is 14.0 Å². The molecule has 2 aromatic carbocycles. The van der Waals surface area contributed by atoms with E-state index in [2.05, 4.69) is 0 Å². The van der Waals surface area contributed by atoms with Gasteiger partial charge in [0.1, 0.15) is 12.5 Å². The van der Waals surface area contributed by atoms with Gasteiger partial charge in [0.15, 0.2) is 5.78 Å². The number of ether oxygens (including phenoxy) is 1. The number of Topliss-reactive ketones (excluding diaryl/α,β-unsaturated/α-hetero) is 1. The van der Waals surface area contributed by atoms with E-state index in [4.69, 9.17) is 4.74 Å². The summed E-state index contributed by atoms with van der Waals surface area (Å²) >= 11 is 0. The van der Waals surface area contributed by atoms with E-state index >= 15 is 0 Å². The quantitative estimate of drug-likeness (QED) is 0.752. The summed E-state index contributed by atoms with van der Waals surface area (Å²) in [6, 6.07) is 15.2. The summed E-state index contributed by atoms with van der Waals surface area (Å²) in [5.41, 5.74) is 1.52. The highest BCUT2D eigenvalue weighted by Gasteiger charge is 2.30. The first kappa shape index (κ1) is 17.3. The number of rotatable bonds is 6. The third-order valence-corrected chi connectivity index (χ3v) is 4.35. The van der Waals surface area contributed by atoms with Crippen LogP contribution in [-0.4, -0.2) is 29.9 Å². The van der Waals surface area contributed by atoms with E-state index in [1.54, 1.807) is 4.90 Å². The van der Waals surface area contributed by atoms with Crippen molar-refractivity contribution in [3.63, 3.8) is 0 Å². The maximum atomic E-state index is 12.9. The molecule has 0 saturated carbocycles. The first-order valence-corrected chi connectivity index (χ1v) is 8.36. The summed E-state index contributed by atoms with van der Waals surface area (Å²) in [6.45, 7) is 0.772. The van der Waals surface area contributed by atoms with Gasteiger partial charge in [-0.25, -0.2) is 4.39 Å². The minimum absolute atomic E-state index is 0.0155. The molecule has 1 saturated heterocycles. The van der Waals surface area contributed by atoms with Crippen LogP contribution in [0.1, 0.15) is 41.2 Å². The number of carbonyl (C=O) groups is 2. The molecule has 1 aliphatic heterocycles. The number of benzene rings is 2. The Labute approximate surface area is 146 Å². The fraction of sp³-hybridized carbons (Fsp3) is 0.300. The lowest BCUT2D eigenvalue weighted by atomic mass is 10.0. The van der Waals surface area contributed by atoms with Crippen LogP contribution in [0, 0.1) is 5.82 Å². The van der Waals surface area contributed by atoms with Gasteiger partial charge in [-0.05, 0) is 36.2 Å². The average Bonchev–Trinajstić information content (AvgIpc) is 3.13. The zero-order chi connectivity index (χ0) is 17.6. The third-order valence-electron chi connectivity index (χ3n) is 4.35. The number of nitrogens with zero attached hydrogens (tertiary/aromatic N) is 1. The summed E-state index contributed by atoms with van der Waals surface area (Å²) in [5.74, 6) is -0.462. The van der Waals surface area contributed by atoms with Crippen LogP contribution in [0.5, 0.6) is 0 Å². The monoisotopic (exact) mass is 341 g/mol. The fourth-order valence-corrected chi connectivity index (χ4v) is 2.96. The van der Waals surface area contributed by atoms with Crippen molar-refractivity contribution in [1.82, 2.24) is 4.90 Å². The molecule has 0 N–H and O–H groups in total. The standard InChI is InChI=1S/C20H20FNO3/c21-17-11-9-16(10-12-17)19(23)7-4-8-20(24)22-14-25-13-18(22)15-5-2-1-3-6-15/h1-3,5-6,9-12,18H,4,7-8,13-14H2/t18-/m0/s1. The van der Waals surface area contributed by atoms with E-state index in [0.29, 0.717) is 25.0 Å². The van der Waals surface area contributed by atoms with Crippen LogP contribution in [0.25, 0.3) is 0 Å². The van der Waals surface area contributed by atoms with Crippen LogP contribution < -0.4 is 0 Å². The zero-order valence-electron chi connectivity index (χ0n) is 13.9. The Morgan fingerprint density at radius 2 is 1.76 bits per heavy atom. The molecule has 0 unspecified atom stereocenters. The smallest absolute Gasteiger partial charge is 0.224 e. The van der Waals surface area contributed by atoms with Crippen LogP contribution >= 0.6 is 0 Å². The summed E-state index contributed by atoms with van der Waals surface area (Å²) in [7, 11) is 0. The highest BCUT2D eigenvalue weighted by Crippen LogP contribution is 2.27. The Morgan fingerprint density at radius 3 is 2.48 bits per heavy atom. The van der Waals surface area contributed by atoms with Crippen molar-refractivity contribution >= 4 is 11.7 Å². The van der Waals surface area contributed by atoms with Gasteiger partial charge in [-0.2, -0.15) is 0 Å². The van der Waals surface area contributed by atoms with Crippen LogP contribution in [0.15, 0.2) is 54.6 Å². The largest absolute Gasteiger partial charge is 0.359 e. The molecule has 130 valence electrons. The molecular weight excluding hydrogens is 321 g/mol. The van der Waals surface area contributed by atoms with Gasteiger partial charge in [-0.15, -0.1) is 0 Å². The number of hydrogen-bond donors (Lipinski definition) is 0. The molecule has 1 heterocycles. The van der Waals surface area contributed by atoms with E-state index in [1.165, 1.54) is 24.3 Å². The fourth-order valence-electron chi connectivity index (χ4n) is 2.96.